The van der Waals surface area contributed by atoms with E-state index in [1.807, 2.05) is 24.3 Å². The largest absolute Gasteiger partial charge is 0.488 e. The lowest BCUT2D eigenvalue weighted by Gasteiger charge is -2.23. The Morgan fingerprint density at radius 3 is 1.69 bits per heavy atom. The molecule has 0 aromatic heterocycles. The van der Waals surface area contributed by atoms with E-state index in [2.05, 4.69) is 109 Å². The summed E-state index contributed by atoms with van der Waals surface area (Å²) in [6.45, 7) is 0.580. The fourth-order valence-electron chi connectivity index (χ4n) is 5.93. The molecule has 0 saturated heterocycles. The molecule has 0 fully saturated rings. The summed E-state index contributed by atoms with van der Waals surface area (Å²) < 4.78 is 12.5. The summed E-state index contributed by atoms with van der Waals surface area (Å²) in [5.74, 6) is 2.72. The molecule has 0 amide bonds. The van der Waals surface area contributed by atoms with Crippen LogP contribution >= 0.6 is 0 Å². The summed E-state index contributed by atoms with van der Waals surface area (Å²) in [6, 6.07) is 47.0. The highest BCUT2D eigenvalue weighted by atomic mass is 16.5. The zero-order valence-electron chi connectivity index (χ0n) is 21.2. The number of para-hydroxylation sites is 2. The smallest absolute Gasteiger partial charge is 0.135 e. The molecule has 6 aromatic rings. The van der Waals surface area contributed by atoms with Crippen molar-refractivity contribution in [1.82, 2.24) is 0 Å². The Labute approximate surface area is 227 Å². The minimum atomic E-state index is 0.580. The van der Waals surface area contributed by atoms with Crippen molar-refractivity contribution in [1.29, 1.82) is 0 Å². The predicted molar refractivity (Wildman–Crippen MR) is 158 cm³/mol. The van der Waals surface area contributed by atoms with Gasteiger partial charge in [0.25, 0.3) is 0 Å². The molecule has 2 aliphatic heterocycles. The lowest BCUT2D eigenvalue weighted by Crippen LogP contribution is -2.06. The van der Waals surface area contributed by atoms with E-state index in [0.29, 0.717) is 6.61 Å². The SMILES string of the molecule is c1ccc2c(c1)Oc1ccc(-c3ccc(-c4cccc5c4COc4ccccc4-5)cc3)cc1-c1ccccc1-2. The van der Waals surface area contributed by atoms with Crippen LogP contribution in [-0.4, -0.2) is 0 Å². The second-order valence-corrected chi connectivity index (χ2v) is 10.0. The molecule has 0 N–H and O–H groups in total. The van der Waals surface area contributed by atoms with Crippen LogP contribution in [0.4, 0.5) is 0 Å². The van der Waals surface area contributed by atoms with E-state index in [-0.39, 0.29) is 0 Å². The average molecular weight is 501 g/mol. The number of hydrogen-bond acceptors (Lipinski definition) is 2. The molecule has 0 atom stereocenters. The van der Waals surface area contributed by atoms with Gasteiger partial charge in [0.05, 0.1) is 0 Å². The minimum Gasteiger partial charge on any atom is -0.488 e. The Bertz CT molecular complexity index is 1880. The first-order chi connectivity index (χ1) is 19.3. The third kappa shape index (κ3) is 3.57. The summed E-state index contributed by atoms with van der Waals surface area (Å²) in [6.07, 6.45) is 0. The molecule has 0 spiro atoms. The van der Waals surface area contributed by atoms with Crippen LogP contribution in [0.15, 0.2) is 133 Å². The van der Waals surface area contributed by atoms with Crippen molar-refractivity contribution < 1.29 is 9.47 Å². The van der Waals surface area contributed by atoms with Crippen molar-refractivity contribution in [3.63, 3.8) is 0 Å². The van der Waals surface area contributed by atoms with Crippen LogP contribution in [0.3, 0.4) is 0 Å². The highest BCUT2D eigenvalue weighted by Crippen LogP contribution is 2.47. The summed E-state index contributed by atoms with van der Waals surface area (Å²) in [5.41, 5.74) is 13.0. The van der Waals surface area contributed by atoms with E-state index >= 15 is 0 Å². The van der Waals surface area contributed by atoms with E-state index in [9.17, 15) is 0 Å². The molecule has 0 aliphatic carbocycles. The van der Waals surface area contributed by atoms with Crippen molar-refractivity contribution in [3.05, 3.63) is 139 Å². The van der Waals surface area contributed by atoms with Crippen molar-refractivity contribution in [2.75, 3.05) is 0 Å². The first-order valence-corrected chi connectivity index (χ1v) is 13.3. The van der Waals surface area contributed by atoms with Gasteiger partial charge in [-0.3, -0.25) is 0 Å². The van der Waals surface area contributed by atoms with E-state index in [1.54, 1.807) is 0 Å². The average Bonchev–Trinajstić information content (AvgIpc) is 3.15. The first-order valence-electron chi connectivity index (χ1n) is 13.3. The maximum absolute atomic E-state index is 6.42. The van der Waals surface area contributed by atoms with Gasteiger partial charge in [0.15, 0.2) is 0 Å². The molecule has 0 radical (unpaired) electrons. The van der Waals surface area contributed by atoms with Crippen LogP contribution < -0.4 is 9.47 Å². The third-order valence-corrected chi connectivity index (χ3v) is 7.85. The molecule has 8 rings (SSSR count). The zero-order chi connectivity index (χ0) is 25.8. The van der Waals surface area contributed by atoms with Crippen LogP contribution in [0, 0.1) is 0 Å². The zero-order valence-corrected chi connectivity index (χ0v) is 21.2. The highest BCUT2D eigenvalue weighted by Gasteiger charge is 2.22. The van der Waals surface area contributed by atoms with E-state index < -0.39 is 0 Å². The van der Waals surface area contributed by atoms with Crippen molar-refractivity contribution in [2.24, 2.45) is 0 Å². The lowest BCUT2D eigenvalue weighted by atomic mass is 9.89. The van der Waals surface area contributed by atoms with Gasteiger partial charge in [-0.05, 0) is 63.2 Å². The normalized spacial score (nSPS) is 12.4. The molecule has 2 heteroatoms. The number of rotatable bonds is 2. The van der Waals surface area contributed by atoms with Crippen molar-refractivity contribution in [2.45, 2.75) is 6.61 Å². The van der Waals surface area contributed by atoms with Gasteiger partial charge in [-0.1, -0.05) is 109 Å². The Morgan fingerprint density at radius 1 is 0.359 bits per heavy atom. The van der Waals surface area contributed by atoms with Gasteiger partial charge in [-0.2, -0.15) is 0 Å². The summed E-state index contributed by atoms with van der Waals surface area (Å²) in [4.78, 5) is 0. The summed E-state index contributed by atoms with van der Waals surface area (Å²) in [5, 5.41) is 0. The van der Waals surface area contributed by atoms with Gasteiger partial charge in [0, 0.05) is 22.3 Å². The lowest BCUT2D eigenvalue weighted by molar-refractivity contribution is 0.303. The topological polar surface area (TPSA) is 18.5 Å². The second-order valence-electron chi connectivity index (χ2n) is 10.0. The monoisotopic (exact) mass is 500 g/mol. The Kier molecular flexibility index (Phi) is 4.92. The van der Waals surface area contributed by atoms with Gasteiger partial charge in [0.2, 0.25) is 0 Å². The molecule has 6 aromatic carbocycles. The van der Waals surface area contributed by atoms with Gasteiger partial charge < -0.3 is 9.47 Å². The number of hydrogen-bond donors (Lipinski definition) is 0. The predicted octanol–water partition coefficient (Wildman–Crippen LogP) is 10.0. The Hall–Kier alpha value is -5.08. The van der Waals surface area contributed by atoms with Gasteiger partial charge in [0.1, 0.15) is 23.9 Å². The van der Waals surface area contributed by atoms with Crippen LogP contribution in [-0.2, 0) is 6.61 Å². The van der Waals surface area contributed by atoms with E-state index in [4.69, 9.17) is 9.47 Å². The van der Waals surface area contributed by atoms with Gasteiger partial charge in [-0.15, -0.1) is 0 Å². The Morgan fingerprint density at radius 2 is 0.897 bits per heavy atom. The molecule has 184 valence electrons. The standard InChI is InChI=1S/C37H24O2/c1-2-9-29-28(8-1)32-11-4-6-15-36(32)39-37-21-20-26(22-33(29)37)24-16-18-25(19-17-24)27-12-7-13-30-31-10-3-5-14-35(31)38-23-34(27)30/h1-22H,23H2. The Balaban J connectivity index is 1.19. The minimum absolute atomic E-state index is 0.580. The van der Waals surface area contributed by atoms with E-state index in [0.717, 1.165) is 39.5 Å². The molecule has 39 heavy (non-hydrogen) atoms. The maximum Gasteiger partial charge on any atom is 0.135 e. The molecule has 0 saturated carbocycles. The molecule has 2 nitrogen and oxygen atoms in total. The van der Waals surface area contributed by atoms with Crippen LogP contribution in [0.5, 0.6) is 17.2 Å². The van der Waals surface area contributed by atoms with Gasteiger partial charge >= 0.3 is 0 Å². The molecule has 0 unspecified atom stereocenters. The fraction of sp³-hybridized carbons (Fsp3) is 0.0270. The molecule has 0 bridgehead atoms. The van der Waals surface area contributed by atoms with Crippen molar-refractivity contribution in [3.8, 4) is 72.9 Å². The summed E-state index contributed by atoms with van der Waals surface area (Å²) >= 11 is 0. The second kappa shape index (κ2) is 8.75. The van der Waals surface area contributed by atoms with Crippen LogP contribution in [0.1, 0.15) is 5.56 Å². The fourth-order valence-corrected chi connectivity index (χ4v) is 5.93. The first kappa shape index (κ1) is 22.0. The number of benzene rings is 6. The quantitative estimate of drug-likeness (QED) is 0.235. The molecular weight excluding hydrogens is 476 g/mol. The highest BCUT2D eigenvalue weighted by molar-refractivity contribution is 5.92. The van der Waals surface area contributed by atoms with Gasteiger partial charge in [-0.25, -0.2) is 0 Å². The van der Waals surface area contributed by atoms with E-state index in [1.165, 1.54) is 38.9 Å². The maximum atomic E-state index is 6.42. The molecule has 2 heterocycles. The molecule has 2 aliphatic rings. The number of fused-ring (bicyclic) bond motifs is 8. The van der Waals surface area contributed by atoms with Crippen LogP contribution in [0.25, 0.3) is 55.6 Å². The summed E-state index contributed by atoms with van der Waals surface area (Å²) in [7, 11) is 0. The van der Waals surface area contributed by atoms with Crippen LogP contribution in [0.2, 0.25) is 0 Å². The van der Waals surface area contributed by atoms with Crippen molar-refractivity contribution >= 4 is 0 Å². The number of ether oxygens (including phenoxy) is 2. The third-order valence-electron chi connectivity index (χ3n) is 7.85. The molecular formula is C37H24O2.